The Hall–Kier alpha value is -2.11. The van der Waals surface area contributed by atoms with E-state index in [4.69, 9.17) is 4.74 Å². The largest absolute Gasteiger partial charge is 0.381 e. The summed E-state index contributed by atoms with van der Waals surface area (Å²) in [6, 6.07) is 2.48. The Morgan fingerprint density at radius 1 is 0.972 bits per heavy atom. The lowest BCUT2D eigenvalue weighted by Crippen LogP contribution is -2.47. The van der Waals surface area contributed by atoms with Crippen LogP contribution in [0, 0.1) is 23.5 Å². The predicted octanol–water partition coefficient (Wildman–Crippen LogP) is 3.75. The summed E-state index contributed by atoms with van der Waals surface area (Å²) < 4.78 is 63.5. The molecular weight excluding hydrogens is 488 g/mol. The number of aromatic nitrogens is 3. The van der Waals surface area contributed by atoms with Crippen LogP contribution >= 0.6 is 0 Å². The van der Waals surface area contributed by atoms with E-state index < -0.39 is 26.9 Å². The Labute approximate surface area is 211 Å². The number of ether oxygens (including phenoxy) is 1. The maximum absolute atomic E-state index is 14.9. The fourth-order valence-corrected chi connectivity index (χ4v) is 7.61. The lowest BCUT2D eigenvalue weighted by molar-refractivity contribution is 0.0968. The minimum atomic E-state index is -3.51. The second-order valence-corrected chi connectivity index (χ2v) is 12.8. The lowest BCUT2D eigenvalue weighted by atomic mass is 10.1. The van der Waals surface area contributed by atoms with Crippen LogP contribution in [0.5, 0.6) is 0 Å². The first-order valence-electron chi connectivity index (χ1n) is 12.9. The van der Waals surface area contributed by atoms with Crippen LogP contribution in [0.3, 0.4) is 0 Å². The summed E-state index contributed by atoms with van der Waals surface area (Å²) in [6.45, 7) is 6.64. The van der Waals surface area contributed by atoms with Gasteiger partial charge in [-0.1, -0.05) is 0 Å². The molecule has 1 saturated carbocycles. The summed E-state index contributed by atoms with van der Waals surface area (Å²) in [6.07, 6.45) is 8.62. The molecule has 198 valence electrons. The molecule has 4 heterocycles. The summed E-state index contributed by atoms with van der Waals surface area (Å²) in [5, 5.41) is 7.16. The molecule has 8 nitrogen and oxygen atoms in total. The van der Waals surface area contributed by atoms with Crippen molar-refractivity contribution in [2.24, 2.45) is 11.8 Å². The third kappa shape index (κ3) is 5.02. The quantitative estimate of drug-likeness (QED) is 0.607. The van der Waals surface area contributed by atoms with Gasteiger partial charge < -0.3 is 14.2 Å². The summed E-state index contributed by atoms with van der Waals surface area (Å²) in [4.78, 5) is 1.88. The highest BCUT2D eigenvalue weighted by atomic mass is 32.2. The summed E-state index contributed by atoms with van der Waals surface area (Å²) in [5.74, 6) is -0.320. The molecule has 1 aromatic heterocycles. The molecule has 1 aliphatic carbocycles. The molecule has 0 bridgehead atoms. The van der Waals surface area contributed by atoms with Crippen molar-refractivity contribution in [2.45, 2.75) is 69.8 Å². The van der Waals surface area contributed by atoms with Crippen LogP contribution < -0.4 is 4.90 Å². The van der Waals surface area contributed by atoms with Crippen molar-refractivity contribution in [2.75, 3.05) is 31.2 Å². The molecule has 5 atom stereocenters. The standard InChI is InChI=1S/C20H25F2N5O2S.C5H10O/c1-12-3-4-13(2)30(28,29)27(12)7-14-5-18(22)19(6-17(14)21)25-8-15-16(9-25)20(15)26-10-23-24-11-26;1-2-4-6-5-3-1/h5-6,10-13,15-16,20H,3-4,7-9H2,1-2H3;1-5H2/t12-,13?,15-,16+,20?;/m0./s1. The van der Waals surface area contributed by atoms with Crippen molar-refractivity contribution < 1.29 is 21.9 Å². The second kappa shape index (κ2) is 10.3. The number of nitrogens with zero attached hydrogens (tertiary/aromatic N) is 5. The summed E-state index contributed by atoms with van der Waals surface area (Å²) in [5.41, 5.74) is 0.321. The minimum Gasteiger partial charge on any atom is -0.381 e. The number of hydrogen-bond acceptors (Lipinski definition) is 6. The number of benzene rings is 1. The van der Waals surface area contributed by atoms with Gasteiger partial charge in [0.2, 0.25) is 10.0 Å². The number of anilines is 1. The number of sulfonamides is 1. The molecule has 0 amide bonds. The SMILES string of the molecule is C1CCOCC1.CC1CC[C@H](C)N(Cc2cc(F)c(N3C[C@@H]4C(n5cnnc5)[C@@H]4C3)cc2F)S1(=O)=O. The van der Waals surface area contributed by atoms with Crippen LogP contribution in [-0.4, -0.2) is 65.1 Å². The summed E-state index contributed by atoms with van der Waals surface area (Å²) >= 11 is 0. The van der Waals surface area contributed by atoms with Gasteiger partial charge in [0.1, 0.15) is 24.3 Å². The van der Waals surface area contributed by atoms with Gasteiger partial charge in [-0.3, -0.25) is 0 Å². The molecule has 0 spiro atoms. The van der Waals surface area contributed by atoms with Crippen LogP contribution in [-0.2, 0) is 21.3 Å². The van der Waals surface area contributed by atoms with E-state index in [0.29, 0.717) is 43.8 Å². The van der Waals surface area contributed by atoms with Gasteiger partial charge in [0.15, 0.2) is 0 Å². The van der Waals surface area contributed by atoms with Crippen molar-refractivity contribution in [3.05, 3.63) is 42.0 Å². The van der Waals surface area contributed by atoms with Crippen LogP contribution in [0.4, 0.5) is 14.5 Å². The van der Waals surface area contributed by atoms with Gasteiger partial charge in [-0.2, -0.15) is 4.31 Å². The maximum atomic E-state index is 14.9. The number of piperidine rings is 1. The predicted molar refractivity (Wildman–Crippen MR) is 132 cm³/mol. The molecule has 1 aromatic carbocycles. The monoisotopic (exact) mass is 523 g/mol. The van der Waals surface area contributed by atoms with Gasteiger partial charge in [0.05, 0.1) is 10.9 Å². The zero-order chi connectivity index (χ0) is 25.4. The Bertz CT molecular complexity index is 1140. The van der Waals surface area contributed by atoms with Crippen LogP contribution in [0.1, 0.15) is 57.6 Å². The molecule has 0 N–H and O–H groups in total. The van der Waals surface area contributed by atoms with Gasteiger partial charge in [-0.05, 0) is 52.0 Å². The first-order valence-corrected chi connectivity index (χ1v) is 14.4. The Morgan fingerprint density at radius 3 is 2.22 bits per heavy atom. The van der Waals surface area contributed by atoms with E-state index in [2.05, 4.69) is 10.2 Å². The zero-order valence-corrected chi connectivity index (χ0v) is 21.7. The normalized spacial score (nSPS) is 31.4. The minimum absolute atomic E-state index is 0.0764. The van der Waals surface area contributed by atoms with Gasteiger partial charge >= 0.3 is 0 Å². The average molecular weight is 524 g/mol. The van der Waals surface area contributed by atoms with E-state index in [0.717, 1.165) is 19.3 Å². The Morgan fingerprint density at radius 2 is 1.64 bits per heavy atom. The fraction of sp³-hybridized carbons (Fsp3) is 0.680. The number of hydrogen-bond donors (Lipinski definition) is 0. The maximum Gasteiger partial charge on any atom is 0.217 e. The van der Waals surface area contributed by atoms with E-state index >= 15 is 0 Å². The lowest BCUT2D eigenvalue weighted by Gasteiger charge is -2.36. The van der Waals surface area contributed by atoms with Crippen LogP contribution in [0.15, 0.2) is 24.8 Å². The number of halogens is 2. The Balaban J connectivity index is 0.000000391. The Kier molecular flexibility index (Phi) is 7.33. The van der Waals surface area contributed by atoms with E-state index in [1.165, 1.54) is 29.6 Å². The van der Waals surface area contributed by atoms with Gasteiger partial charge in [-0.15, -0.1) is 10.2 Å². The van der Waals surface area contributed by atoms with Crippen molar-refractivity contribution >= 4 is 15.7 Å². The first-order chi connectivity index (χ1) is 17.3. The average Bonchev–Trinajstić information content (AvgIpc) is 3.24. The first kappa shape index (κ1) is 25.5. The smallest absolute Gasteiger partial charge is 0.217 e. The second-order valence-electron chi connectivity index (χ2n) is 10.5. The van der Waals surface area contributed by atoms with Gasteiger partial charge in [-0.25, -0.2) is 17.2 Å². The van der Waals surface area contributed by atoms with E-state index in [1.54, 1.807) is 19.6 Å². The molecule has 4 fully saturated rings. The molecule has 11 heteroatoms. The highest BCUT2D eigenvalue weighted by molar-refractivity contribution is 7.89. The molecule has 2 unspecified atom stereocenters. The molecule has 0 radical (unpaired) electrons. The van der Waals surface area contributed by atoms with Crippen molar-refractivity contribution in [3.8, 4) is 0 Å². The highest BCUT2D eigenvalue weighted by Crippen LogP contribution is 2.56. The fourth-order valence-electron chi connectivity index (χ4n) is 5.79. The van der Waals surface area contributed by atoms with Crippen LogP contribution in [0.2, 0.25) is 0 Å². The number of fused-ring (bicyclic) bond motifs is 1. The zero-order valence-electron chi connectivity index (χ0n) is 20.9. The third-order valence-corrected chi connectivity index (χ3v) is 10.5. The molecule has 6 rings (SSSR count). The van der Waals surface area contributed by atoms with Crippen LogP contribution in [0.25, 0.3) is 0 Å². The van der Waals surface area contributed by atoms with Crippen molar-refractivity contribution in [1.82, 2.24) is 19.1 Å². The molecule has 4 aliphatic rings. The molecule has 3 saturated heterocycles. The van der Waals surface area contributed by atoms with Crippen molar-refractivity contribution in [3.63, 3.8) is 0 Å². The van der Waals surface area contributed by atoms with E-state index in [9.17, 15) is 17.2 Å². The highest BCUT2D eigenvalue weighted by Gasteiger charge is 2.57. The van der Waals surface area contributed by atoms with Crippen molar-refractivity contribution in [1.29, 1.82) is 0 Å². The molecule has 2 aromatic rings. The molecule has 36 heavy (non-hydrogen) atoms. The van der Waals surface area contributed by atoms with E-state index in [1.807, 2.05) is 16.4 Å². The molecular formula is C25H35F2N5O3S. The van der Waals surface area contributed by atoms with E-state index in [-0.39, 0.29) is 23.8 Å². The third-order valence-electron chi connectivity index (χ3n) is 8.11. The topological polar surface area (TPSA) is 80.6 Å². The molecule has 3 aliphatic heterocycles. The van der Waals surface area contributed by atoms with Gasteiger partial charge in [0.25, 0.3) is 0 Å². The number of rotatable bonds is 4. The van der Waals surface area contributed by atoms with Gasteiger partial charge in [0, 0.05) is 68.4 Å². The summed E-state index contributed by atoms with van der Waals surface area (Å²) in [7, 11) is -3.51.